The number of rotatable bonds is 11. The number of unbranched alkanes of at least 4 members (excludes halogenated alkanes) is 1. The van der Waals surface area contributed by atoms with Gasteiger partial charge in [0.2, 0.25) is 0 Å². The van der Waals surface area contributed by atoms with Crippen LogP contribution in [0.25, 0.3) is 0 Å². The SMILES string of the molecule is Cc1c(Cl)nc(NC[C@@H]2CCCN2CCCCCl)c(=O)n1CC(=O)OCc1ccccc1. The summed E-state index contributed by atoms with van der Waals surface area (Å²) in [5, 5.41) is 3.35. The van der Waals surface area contributed by atoms with Crippen LogP contribution in [-0.4, -0.2) is 52.0 Å². The second kappa shape index (κ2) is 12.2. The predicted octanol–water partition coefficient (Wildman–Crippen LogP) is 3.84. The van der Waals surface area contributed by atoms with E-state index in [9.17, 15) is 9.59 Å². The fourth-order valence-electron chi connectivity index (χ4n) is 3.88. The van der Waals surface area contributed by atoms with Gasteiger partial charge in [-0.25, -0.2) is 4.98 Å². The molecule has 0 aliphatic carbocycles. The van der Waals surface area contributed by atoms with Crippen LogP contribution in [0.2, 0.25) is 5.15 Å². The van der Waals surface area contributed by atoms with Crippen molar-refractivity contribution in [2.45, 2.75) is 51.8 Å². The zero-order valence-corrected chi connectivity index (χ0v) is 19.9. The van der Waals surface area contributed by atoms with Gasteiger partial charge in [-0.15, -0.1) is 11.6 Å². The summed E-state index contributed by atoms with van der Waals surface area (Å²) in [4.78, 5) is 32.0. The lowest BCUT2D eigenvalue weighted by molar-refractivity contribution is -0.145. The quantitative estimate of drug-likeness (QED) is 0.299. The summed E-state index contributed by atoms with van der Waals surface area (Å²) in [5.41, 5.74) is 0.935. The van der Waals surface area contributed by atoms with E-state index in [-0.39, 0.29) is 29.7 Å². The number of hydrogen-bond donors (Lipinski definition) is 1. The van der Waals surface area contributed by atoms with Crippen LogP contribution in [0.15, 0.2) is 35.1 Å². The van der Waals surface area contributed by atoms with Gasteiger partial charge in [-0.1, -0.05) is 41.9 Å². The number of hydrogen-bond acceptors (Lipinski definition) is 6. The van der Waals surface area contributed by atoms with Gasteiger partial charge in [0.1, 0.15) is 13.2 Å². The number of benzene rings is 1. The highest BCUT2D eigenvalue weighted by molar-refractivity contribution is 6.30. The van der Waals surface area contributed by atoms with Crippen LogP contribution in [0.4, 0.5) is 5.82 Å². The van der Waals surface area contributed by atoms with E-state index in [2.05, 4.69) is 15.2 Å². The zero-order chi connectivity index (χ0) is 22.9. The monoisotopic (exact) mass is 480 g/mol. The van der Waals surface area contributed by atoms with Crippen LogP contribution in [0.5, 0.6) is 0 Å². The Kier molecular flexibility index (Phi) is 9.38. The normalized spacial score (nSPS) is 16.3. The van der Waals surface area contributed by atoms with Crippen LogP contribution < -0.4 is 10.9 Å². The Morgan fingerprint density at radius 3 is 2.81 bits per heavy atom. The van der Waals surface area contributed by atoms with Crippen molar-refractivity contribution >= 4 is 35.0 Å². The van der Waals surface area contributed by atoms with Crippen molar-refractivity contribution in [1.29, 1.82) is 0 Å². The molecule has 2 aromatic rings. The van der Waals surface area contributed by atoms with Crippen molar-refractivity contribution < 1.29 is 9.53 Å². The summed E-state index contributed by atoms with van der Waals surface area (Å²) in [6.07, 6.45) is 4.26. The molecule has 1 aliphatic rings. The Balaban J connectivity index is 1.63. The van der Waals surface area contributed by atoms with Crippen molar-refractivity contribution in [1.82, 2.24) is 14.5 Å². The average molecular weight is 481 g/mol. The number of alkyl halides is 1. The Hall–Kier alpha value is -2.09. The molecule has 0 amide bonds. The Bertz CT molecular complexity index is 952. The van der Waals surface area contributed by atoms with Gasteiger partial charge in [0.15, 0.2) is 11.0 Å². The number of ether oxygens (including phenoxy) is 1. The lowest BCUT2D eigenvalue weighted by Crippen LogP contribution is -2.37. The highest BCUT2D eigenvalue weighted by Crippen LogP contribution is 2.19. The fraction of sp³-hybridized carbons (Fsp3) is 0.522. The third kappa shape index (κ3) is 6.70. The summed E-state index contributed by atoms with van der Waals surface area (Å²) < 4.78 is 6.64. The fourth-order valence-corrected chi connectivity index (χ4v) is 4.26. The van der Waals surface area contributed by atoms with Crippen LogP contribution in [0.3, 0.4) is 0 Å². The van der Waals surface area contributed by atoms with Crippen molar-refractivity contribution in [3.63, 3.8) is 0 Å². The first-order valence-corrected chi connectivity index (χ1v) is 11.9. The summed E-state index contributed by atoms with van der Waals surface area (Å²) in [6.45, 7) is 4.25. The maximum absolute atomic E-state index is 13.0. The molecule has 1 atom stereocenters. The summed E-state index contributed by atoms with van der Waals surface area (Å²) in [5.74, 6) is 0.327. The highest BCUT2D eigenvalue weighted by Gasteiger charge is 2.24. The molecule has 1 aliphatic heterocycles. The molecule has 1 N–H and O–H groups in total. The Labute approximate surface area is 198 Å². The molecule has 7 nitrogen and oxygen atoms in total. The van der Waals surface area contributed by atoms with Gasteiger partial charge in [-0.05, 0) is 51.3 Å². The zero-order valence-electron chi connectivity index (χ0n) is 18.4. The Morgan fingerprint density at radius 2 is 2.06 bits per heavy atom. The van der Waals surface area contributed by atoms with E-state index in [1.807, 2.05) is 30.3 Å². The maximum Gasteiger partial charge on any atom is 0.326 e. The number of carbonyl (C=O) groups excluding carboxylic acids is 1. The molecule has 1 saturated heterocycles. The average Bonchev–Trinajstić information content (AvgIpc) is 3.25. The van der Waals surface area contributed by atoms with Gasteiger partial charge in [-0.2, -0.15) is 0 Å². The number of halogens is 2. The predicted molar refractivity (Wildman–Crippen MR) is 128 cm³/mol. The molecule has 9 heteroatoms. The number of anilines is 1. The van der Waals surface area contributed by atoms with E-state index in [0.29, 0.717) is 24.2 Å². The number of likely N-dealkylation sites (tertiary alicyclic amines) is 1. The number of nitrogens with zero attached hydrogens (tertiary/aromatic N) is 3. The second-order valence-electron chi connectivity index (χ2n) is 7.98. The van der Waals surface area contributed by atoms with E-state index in [1.165, 1.54) is 4.57 Å². The minimum Gasteiger partial charge on any atom is -0.459 e. The molecule has 1 aromatic heterocycles. The second-order valence-corrected chi connectivity index (χ2v) is 8.72. The van der Waals surface area contributed by atoms with Crippen molar-refractivity contribution in [3.8, 4) is 0 Å². The molecule has 1 fully saturated rings. The molecule has 174 valence electrons. The summed E-state index contributed by atoms with van der Waals surface area (Å²) in [7, 11) is 0. The standard InChI is InChI=1S/C23H30Cl2N4O3/c1-17-21(25)27-22(26-14-19-10-7-13-28(19)12-6-5-11-24)23(31)29(17)15-20(30)32-16-18-8-3-2-4-9-18/h2-4,8-9,19H,5-7,10-16H2,1H3,(H,26,27)/t19-/m0/s1. The van der Waals surface area contributed by atoms with Crippen LogP contribution >= 0.6 is 23.2 Å². The van der Waals surface area contributed by atoms with Crippen LogP contribution in [-0.2, 0) is 22.7 Å². The first-order chi connectivity index (χ1) is 15.5. The first kappa shape index (κ1) is 24.6. The molecule has 0 spiro atoms. The molecular formula is C23H30Cl2N4O3. The van der Waals surface area contributed by atoms with Gasteiger partial charge >= 0.3 is 5.97 Å². The third-order valence-electron chi connectivity index (χ3n) is 5.72. The van der Waals surface area contributed by atoms with Crippen molar-refractivity contribution in [2.24, 2.45) is 0 Å². The molecule has 0 saturated carbocycles. The lowest BCUT2D eigenvalue weighted by atomic mass is 10.2. The van der Waals surface area contributed by atoms with Crippen molar-refractivity contribution in [2.75, 3.05) is 30.8 Å². The molecule has 2 heterocycles. The smallest absolute Gasteiger partial charge is 0.326 e. The van der Waals surface area contributed by atoms with E-state index in [0.717, 1.165) is 44.3 Å². The number of carbonyl (C=O) groups is 1. The highest BCUT2D eigenvalue weighted by atomic mass is 35.5. The van der Waals surface area contributed by atoms with Gasteiger partial charge in [0, 0.05) is 18.5 Å². The van der Waals surface area contributed by atoms with E-state index < -0.39 is 5.97 Å². The number of nitrogens with one attached hydrogen (secondary N) is 1. The summed E-state index contributed by atoms with van der Waals surface area (Å²) >= 11 is 12.1. The van der Waals surface area contributed by atoms with Gasteiger partial charge < -0.3 is 10.1 Å². The summed E-state index contributed by atoms with van der Waals surface area (Å²) in [6, 6.07) is 9.72. The van der Waals surface area contributed by atoms with Gasteiger partial charge in [0.05, 0.1) is 5.69 Å². The largest absolute Gasteiger partial charge is 0.459 e. The molecule has 0 bridgehead atoms. The molecule has 0 radical (unpaired) electrons. The molecular weight excluding hydrogens is 451 g/mol. The molecule has 0 unspecified atom stereocenters. The van der Waals surface area contributed by atoms with Crippen LogP contribution in [0, 0.1) is 6.92 Å². The molecule has 3 rings (SSSR count). The topological polar surface area (TPSA) is 76.5 Å². The third-order valence-corrected chi connectivity index (χ3v) is 6.35. The Morgan fingerprint density at radius 1 is 1.28 bits per heavy atom. The van der Waals surface area contributed by atoms with E-state index in [1.54, 1.807) is 6.92 Å². The minimum atomic E-state index is -0.506. The van der Waals surface area contributed by atoms with Crippen LogP contribution in [0.1, 0.15) is 36.9 Å². The maximum atomic E-state index is 13.0. The van der Waals surface area contributed by atoms with Gasteiger partial charge in [0.25, 0.3) is 5.56 Å². The van der Waals surface area contributed by atoms with E-state index >= 15 is 0 Å². The first-order valence-electron chi connectivity index (χ1n) is 11.0. The number of esters is 1. The van der Waals surface area contributed by atoms with E-state index in [4.69, 9.17) is 27.9 Å². The van der Waals surface area contributed by atoms with Gasteiger partial charge in [-0.3, -0.25) is 19.1 Å². The molecule has 1 aromatic carbocycles. The van der Waals surface area contributed by atoms with Crippen molar-refractivity contribution in [3.05, 3.63) is 57.1 Å². The minimum absolute atomic E-state index is 0.151. The number of aromatic nitrogens is 2. The molecule has 32 heavy (non-hydrogen) atoms. The lowest BCUT2D eigenvalue weighted by Gasteiger charge is -2.25.